The van der Waals surface area contributed by atoms with Crippen LogP contribution >= 0.6 is 11.3 Å². The largest absolute Gasteiger partial charge is 0.383 e. The molecule has 0 amide bonds. The van der Waals surface area contributed by atoms with Crippen molar-refractivity contribution in [1.82, 2.24) is 9.97 Å². The first kappa shape index (κ1) is 17.7. The first-order valence-electron chi connectivity index (χ1n) is 9.27. The van der Waals surface area contributed by atoms with Gasteiger partial charge in [-0.05, 0) is 53.4 Å². The van der Waals surface area contributed by atoms with Gasteiger partial charge >= 0.3 is 0 Å². The summed E-state index contributed by atoms with van der Waals surface area (Å²) in [6, 6.07) is 9.44. The Kier molecular flexibility index (Phi) is 5.16. The van der Waals surface area contributed by atoms with Crippen molar-refractivity contribution in [1.29, 1.82) is 0 Å². The zero-order chi connectivity index (χ0) is 18.6. The van der Waals surface area contributed by atoms with Crippen LogP contribution in [0.1, 0.15) is 41.7 Å². The summed E-state index contributed by atoms with van der Waals surface area (Å²) in [4.78, 5) is 24.2. The highest BCUT2D eigenvalue weighted by Crippen LogP contribution is 2.26. The topological polar surface area (TPSA) is 72.1 Å². The predicted molar refractivity (Wildman–Crippen MR) is 110 cm³/mol. The average molecular weight is 379 g/mol. The number of anilines is 2. The zero-order valence-corrected chi connectivity index (χ0v) is 15.9. The molecule has 5 nitrogen and oxygen atoms in total. The highest BCUT2D eigenvalue weighted by atomic mass is 32.1. The fourth-order valence-electron chi connectivity index (χ4n) is 3.41. The summed E-state index contributed by atoms with van der Waals surface area (Å²) in [6.07, 6.45) is 6.55. The normalized spacial score (nSPS) is 14.7. The van der Waals surface area contributed by atoms with Gasteiger partial charge in [-0.1, -0.05) is 18.9 Å². The Hall–Kier alpha value is -2.73. The number of hydrogen-bond acceptors (Lipinski definition) is 6. The van der Waals surface area contributed by atoms with Gasteiger partial charge < -0.3 is 10.6 Å². The van der Waals surface area contributed by atoms with Crippen LogP contribution in [0.2, 0.25) is 0 Å². The molecule has 0 unspecified atom stereocenters. The van der Waals surface area contributed by atoms with Crippen molar-refractivity contribution in [2.75, 3.05) is 23.7 Å². The number of carbonyl (C=O) groups excluding carboxylic acids is 1. The third kappa shape index (κ3) is 3.85. The van der Waals surface area contributed by atoms with Crippen molar-refractivity contribution < 1.29 is 4.79 Å². The van der Waals surface area contributed by atoms with Crippen LogP contribution < -0.4 is 10.6 Å². The Balaban J connectivity index is 1.65. The van der Waals surface area contributed by atoms with E-state index in [1.54, 1.807) is 23.6 Å². The lowest BCUT2D eigenvalue weighted by Crippen LogP contribution is -2.25. The number of rotatable bonds is 4. The van der Waals surface area contributed by atoms with Crippen LogP contribution in [-0.2, 0) is 0 Å². The van der Waals surface area contributed by atoms with Gasteiger partial charge in [0.1, 0.15) is 17.3 Å². The summed E-state index contributed by atoms with van der Waals surface area (Å²) in [5.74, 6) is 0.915. The van der Waals surface area contributed by atoms with E-state index in [0.717, 1.165) is 30.0 Å². The van der Waals surface area contributed by atoms with Crippen LogP contribution in [0.25, 0.3) is 11.1 Å². The highest BCUT2D eigenvalue weighted by Gasteiger charge is 2.18. The lowest BCUT2D eigenvalue weighted by molar-refractivity contribution is 0.103. The van der Waals surface area contributed by atoms with E-state index in [1.807, 2.05) is 35.0 Å². The van der Waals surface area contributed by atoms with Crippen molar-refractivity contribution in [2.24, 2.45) is 0 Å². The van der Waals surface area contributed by atoms with Crippen molar-refractivity contribution in [3.05, 3.63) is 58.5 Å². The van der Waals surface area contributed by atoms with Crippen LogP contribution in [-0.4, -0.2) is 28.8 Å². The monoisotopic (exact) mass is 378 g/mol. The van der Waals surface area contributed by atoms with E-state index in [1.165, 1.54) is 25.7 Å². The molecule has 0 atom stereocenters. The van der Waals surface area contributed by atoms with Gasteiger partial charge in [-0.25, -0.2) is 9.97 Å². The molecule has 3 aromatic rings. The van der Waals surface area contributed by atoms with E-state index >= 15 is 0 Å². The fraction of sp³-hybridized carbons (Fsp3) is 0.286. The number of aromatic nitrogens is 2. The molecule has 0 aromatic carbocycles. The van der Waals surface area contributed by atoms with Gasteiger partial charge in [-0.2, -0.15) is 11.3 Å². The van der Waals surface area contributed by atoms with Gasteiger partial charge in [0.05, 0.1) is 5.56 Å². The minimum atomic E-state index is -0.186. The molecule has 0 bridgehead atoms. The maximum Gasteiger partial charge on any atom is 0.215 e. The number of nitrogen functional groups attached to an aromatic ring is 1. The standard InChI is InChI=1S/C21H22N4OS/c22-21-17(12-16(13-23-21)15-8-11-27-14-15)20(26)18-6-5-7-19(24-18)25-9-3-1-2-4-10-25/h5-8,11-14H,1-4,9-10H2,(H2,22,23). The summed E-state index contributed by atoms with van der Waals surface area (Å²) < 4.78 is 0. The molecule has 3 aromatic heterocycles. The van der Waals surface area contributed by atoms with E-state index in [9.17, 15) is 4.79 Å². The van der Waals surface area contributed by atoms with Crippen LogP contribution in [0.3, 0.4) is 0 Å². The van der Waals surface area contributed by atoms with Gasteiger partial charge in [0.2, 0.25) is 5.78 Å². The maximum absolute atomic E-state index is 13.1. The van der Waals surface area contributed by atoms with E-state index < -0.39 is 0 Å². The second-order valence-corrected chi connectivity index (χ2v) is 7.56. The summed E-state index contributed by atoms with van der Waals surface area (Å²) in [5, 5.41) is 4.03. The number of pyridine rings is 2. The Morgan fingerprint density at radius 2 is 1.89 bits per heavy atom. The molecule has 1 aliphatic heterocycles. The molecule has 2 N–H and O–H groups in total. The molecule has 4 rings (SSSR count). The summed E-state index contributed by atoms with van der Waals surface area (Å²) >= 11 is 1.61. The molecule has 0 spiro atoms. The number of nitrogens with zero attached hydrogens (tertiary/aromatic N) is 3. The van der Waals surface area contributed by atoms with Crippen molar-refractivity contribution in [2.45, 2.75) is 25.7 Å². The molecule has 0 saturated carbocycles. The first-order valence-corrected chi connectivity index (χ1v) is 10.2. The van der Waals surface area contributed by atoms with Crippen LogP contribution in [0.5, 0.6) is 0 Å². The Morgan fingerprint density at radius 1 is 1.07 bits per heavy atom. The quantitative estimate of drug-likeness (QED) is 0.681. The van der Waals surface area contributed by atoms with Gasteiger partial charge in [-0.3, -0.25) is 4.79 Å². The number of ketones is 1. The number of carbonyl (C=O) groups is 1. The third-order valence-corrected chi connectivity index (χ3v) is 5.60. The second kappa shape index (κ2) is 7.88. The molecular formula is C21H22N4OS. The third-order valence-electron chi connectivity index (χ3n) is 4.91. The van der Waals surface area contributed by atoms with Crippen LogP contribution in [0.15, 0.2) is 47.3 Å². The molecule has 0 aliphatic carbocycles. The average Bonchev–Trinajstić information content (AvgIpc) is 3.10. The predicted octanol–water partition coefficient (Wildman–Crippen LogP) is 4.40. The maximum atomic E-state index is 13.1. The highest BCUT2D eigenvalue weighted by molar-refractivity contribution is 7.08. The summed E-state index contributed by atoms with van der Waals surface area (Å²) in [5.41, 5.74) is 8.75. The minimum absolute atomic E-state index is 0.186. The van der Waals surface area contributed by atoms with Gasteiger partial charge in [0.15, 0.2) is 0 Å². The second-order valence-electron chi connectivity index (χ2n) is 6.78. The number of nitrogens with two attached hydrogens (primary N) is 1. The van der Waals surface area contributed by atoms with Crippen molar-refractivity contribution >= 4 is 28.8 Å². The summed E-state index contributed by atoms with van der Waals surface area (Å²) in [7, 11) is 0. The summed E-state index contributed by atoms with van der Waals surface area (Å²) in [6.45, 7) is 1.98. The minimum Gasteiger partial charge on any atom is -0.383 e. The molecule has 27 heavy (non-hydrogen) atoms. The van der Waals surface area contributed by atoms with Crippen LogP contribution in [0, 0.1) is 0 Å². The van der Waals surface area contributed by atoms with E-state index in [0.29, 0.717) is 11.3 Å². The molecule has 1 saturated heterocycles. The van der Waals surface area contributed by atoms with E-state index in [-0.39, 0.29) is 11.6 Å². The van der Waals surface area contributed by atoms with Crippen molar-refractivity contribution in [3.63, 3.8) is 0 Å². The van der Waals surface area contributed by atoms with Crippen LogP contribution in [0.4, 0.5) is 11.6 Å². The smallest absolute Gasteiger partial charge is 0.215 e. The molecule has 138 valence electrons. The molecule has 6 heteroatoms. The molecule has 1 aliphatic rings. The number of hydrogen-bond donors (Lipinski definition) is 1. The fourth-order valence-corrected chi connectivity index (χ4v) is 4.07. The molecule has 1 fully saturated rings. The Morgan fingerprint density at radius 3 is 2.63 bits per heavy atom. The molecule has 4 heterocycles. The Bertz CT molecular complexity index is 931. The van der Waals surface area contributed by atoms with Gasteiger partial charge in [0.25, 0.3) is 0 Å². The SMILES string of the molecule is Nc1ncc(-c2ccsc2)cc1C(=O)c1cccc(N2CCCCCC2)n1. The first-order chi connectivity index (χ1) is 13.2. The van der Waals surface area contributed by atoms with E-state index in [2.05, 4.69) is 14.9 Å². The lowest BCUT2D eigenvalue weighted by Gasteiger charge is -2.21. The number of thiophene rings is 1. The van der Waals surface area contributed by atoms with Crippen molar-refractivity contribution in [3.8, 4) is 11.1 Å². The lowest BCUT2D eigenvalue weighted by atomic mass is 10.0. The Labute approximate surface area is 162 Å². The zero-order valence-electron chi connectivity index (χ0n) is 15.1. The molecular weight excluding hydrogens is 356 g/mol. The van der Waals surface area contributed by atoms with Gasteiger partial charge in [0, 0.05) is 24.8 Å². The van der Waals surface area contributed by atoms with E-state index in [4.69, 9.17) is 5.73 Å². The van der Waals surface area contributed by atoms with Gasteiger partial charge in [-0.15, -0.1) is 0 Å². The molecule has 0 radical (unpaired) electrons.